The molecule has 3 amide bonds. The van der Waals surface area contributed by atoms with E-state index in [2.05, 4.69) is 10.6 Å². The Morgan fingerprint density at radius 3 is 2.50 bits per heavy atom. The number of nitrogens with zero attached hydrogens (tertiary/aromatic N) is 1. The second-order valence-electron chi connectivity index (χ2n) is 10.2. The molecule has 1 saturated carbocycles. The smallest absolute Gasteiger partial charge is 0.332 e. The van der Waals surface area contributed by atoms with Crippen LogP contribution in [-0.2, 0) is 20.9 Å². The van der Waals surface area contributed by atoms with E-state index >= 15 is 0 Å². The quantitative estimate of drug-likeness (QED) is 0.647. The molecule has 0 aromatic carbocycles. The van der Waals surface area contributed by atoms with Crippen LogP contribution in [0, 0.1) is 5.41 Å². The van der Waals surface area contributed by atoms with Crippen molar-refractivity contribution in [2.24, 2.45) is 5.41 Å². The van der Waals surface area contributed by atoms with Crippen molar-refractivity contribution in [1.82, 2.24) is 15.5 Å². The van der Waals surface area contributed by atoms with Crippen molar-refractivity contribution in [3.05, 3.63) is 24.2 Å². The highest BCUT2D eigenvalue weighted by molar-refractivity contribution is 5.91. The van der Waals surface area contributed by atoms with Gasteiger partial charge in [-0.25, -0.2) is 9.59 Å². The topological polar surface area (TPSA) is 101 Å². The number of carbonyl (C=O) groups is 3. The molecule has 0 spiro atoms. The molecule has 3 rings (SSSR count). The molecule has 2 aliphatic rings. The van der Waals surface area contributed by atoms with Crippen LogP contribution in [0.3, 0.4) is 0 Å². The molecular formula is C24H37N3O5. The number of likely N-dealkylation sites (tertiary alicyclic amines) is 1. The van der Waals surface area contributed by atoms with Gasteiger partial charge in [0.15, 0.2) is 0 Å². The minimum Gasteiger partial charge on any atom is -0.466 e. The second kappa shape index (κ2) is 9.96. The summed E-state index contributed by atoms with van der Waals surface area (Å²) in [6, 6.07) is 2.43. The average Bonchev–Trinajstić information content (AvgIpc) is 3.41. The van der Waals surface area contributed by atoms with Crippen LogP contribution in [0.15, 0.2) is 22.8 Å². The number of furan rings is 1. The number of amides is 3. The third kappa shape index (κ3) is 5.64. The van der Waals surface area contributed by atoms with E-state index in [9.17, 15) is 14.4 Å². The van der Waals surface area contributed by atoms with Crippen molar-refractivity contribution in [3.63, 3.8) is 0 Å². The molecule has 32 heavy (non-hydrogen) atoms. The molecule has 8 nitrogen and oxygen atoms in total. The van der Waals surface area contributed by atoms with Crippen LogP contribution in [0.5, 0.6) is 0 Å². The van der Waals surface area contributed by atoms with Gasteiger partial charge in [-0.3, -0.25) is 4.79 Å². The normalized spacial score (nSPS) is 21.6. The minimum atomic E-state index is -1.10. The molecule has 2 heterocycles. The van der Waals surface area contributed by atoms with E-state index in [1.54, 1.807) is 12.1 Å². The molecule has 2 N–H and O–H groups in total. The van der Waals surface area contributed by atoms with Gasteiger partial charge in [-0.15, -0.1) is 0 Å². The van der Waals surface area contributed by atoms with E-state index in [4.69, 9.17) is 9.15 Å². The Hall–Kier alpha value is -2.51. The summed E-state index contributed by atoms with van der Waals surface area (Å²) in [5.74, 6) is 0.0122. The standard InChI is InChI=1S/C24H37N3O5/c1-17-10-8-14-27(17)20(28)19(23(2,3)4)25-22(30)26-24(12-6-5-7-13-24)21(29)32-16-18-11-9-15-31-18/h9,11,15,17,19H,5-8,10,12-14,16H2,1-4H3,(H2,25,26,30). The third-order valence-corrected chi connectivity index (χ3v) is 6.60. The number of hydrogen-bond acceptors (Lipinski definition) is 5. The average molecular weight is 448 g/mol. The molecule has 2 atom stereocenters. The molecule has 8 heteroatoms. The van der Waals surface area contributed by atoms with Crippen LogP contribution >= 0.6 is 0 Å². The molecule has 2 unspecified atom stereocenters. The minimum absolute atomic E-state index is 0.0207. The Morgan fingerprint density at radius 1 is 1.22 bits per heavy atom. The van der Waals surface area contributed by atoms with E-state index in [1.807, 2.05) is 32.6 Å². The van der Waals surface area contributed by atoms with Gasteiger partial charge in [-0.1, -0.05) is 40.0 Å². The maximum atomic E-state index is 13.3. The first-order valence-corrected chi connectivity index (χ1v) is 11.7. The highest BCUT2D eigenvalue weighted by Gasteiger charge is 2.44. The van der Waals surface area contributed by atoms with Crippen LogP contribution in [0.4, 0.5) is 4.79 Å². The van der Waals surface area contributed by atoms with Crippen molar-refractivity contribution >= 4 is 17.9 Å². The van der Waals surface area contributed by atoms with Gasteiger partial charge in [0.05, 0.1) is 6.26 Å². The van der Waals surface area contributed by atoms with Crippen molar-refractivity contribution in [3.8, 4) is 0 Å². The first-order chi connectivity index (χ1) is 15.1. The second-order valence-corrected chi connectivity index (χ2v) is 10.2. The zero-order valence-corrected chi connectivity index (χ0v) is 19.7. The van der Waals surface area contributed by atoms with Gasteiger partial charge in [0.2, 0.25) is 5.91 Å². The highest BCUT2D eigenvalue weighted by atomic mass is 16.5. The predicted molar refractivity (Wildman–Crippen MR) is 120 cm³/mol. The summed E-state index contributed by atoms with van der Waals surface area (Å²) in [4.78, 5) is 41.2. The van der Waals surface area contributed by atoms with Gasteiger partial charge >= 0.3 is 12.0 Å². The van der Waals surface area contributed by atoms with E-state index < -0.39 is 29.0 Å². The summed E-state index contributed by atoms with van der Waals surface area (Å²) in [7, 11) is 0. The largest absolute Gasteiger partial charge is 0.466 e. The molecule has 2 fully saturated rings. The zero-order chi connectivity index (χ0) is 23.4. The lowest BCUT2D eigenvalue weighted by molar-refractivity contribution is -0.154. The van der Waals surface area contributed by atoms with Crippen LogP contribution in [0.1, 0.15) is 78.4 Å². The predicted octanol–water partition coefficient (Wildman–Crippen LogP) is 3.75. The summed E-state index contributed by atoms with van der Waals surface area (Å²) < 4.78 is 10.7. The van der Waals surface area contributed by atoms with E-state index in [-0.39, 0.29) is 18.6 Å². The molecule has 0 radical (unpaired) electrons. The van der Waals surface area contributed by atoms with Crippen LogP contribution in [0.25, 0.3) is 0 Å². The lowest BCUT2D eigenvalue weighted by Gasteiger charge is -2.38. The molecule has 1 aliphatic carbocycles. The maximum Gasteiger partial charge on any atom is 0.332 e. The number of rotatable bonds is 6. The Morgan fingerprint density at radius 2 is 1.94 bits per heavy atom. The van der Waals surface area contributed by atoms with Gasteiger partial charge in [-0.05, 0) is 50.2 Å². The molecule has 1 aromatic heterocycles. The molecule has 1 saturated heterocycles. The Balaban J connectivity index is 1.70. The summed E-state index contributed by atoms with van der Waals surface area (Å²) >= 11 is 0. The fourth-order valence-corrected chi connectivity index (χ4v) is 4.66. The number of carbonyl (C=O) groups excluding carboxylic acids is 3. The summed E-state index contributed by atoms with van der Waals surface area (Å²) in [5, 5.41) is 5.78. The lowest BCUT2D eigenvalue weighted by atomic mass is 9.81. The van der Waals surface area contributed by atoms with Gasteiger partial charge in [0.1, 0.15) is 23.9 Å². The van der Waals surface area contributed by atoms with Crippen molar-refractivity contribution in [2.45, 2.75) is 96.9 Å². The number of nitrogens with one attached hydrogen (secondary N) is 2. The molecule has 0 bridgehead atoms. The number of esters is 1. The monoisotopic (exact) mass is 447 g/mol. The van der Waals surface area contributed by atoms with E-state index in [0.29, 0.717) is 25.1 Å². The first-order valence-electron chi connectivity index (χ1n) is 11.7. The molecule has 1 aromatic rings. The Bertz CT molecular complexity index is 793. The molecule has 178 valence electrons. The number of hydrogen-bond donors (Lipinski definition) is 2. The SMILES string of the molecule is CC1CCCN1C(=O)C(NC(=O)NC1(C(=O)OCc2ccco2)CCCCC1)C(C)(C)C. The highest BCUT2D eigenvalue weighted by Crippen LogP contribution is 2.30. The van der Waals surface area contributed by atoms with Gasteiger partial charge < -0.3 is 24.7 Å². The maximum absolute atomic E-state index is 13.3. The number of ether oxygens (including phenoxy) is 1. The van der Waals surface area contributed by atoms with Gasteiger partial charge in [0, 0.05) is 12.6 Å². The molecule has 1 aliphatic heterocycles. The van der Waals surface area contributed by atoms with Crippen LogP contribution < -0.4 is 10.6 Å². The van der Waals surface area contributed by atoms with Crippen molar-refractivity contribution in [2.75, 3.05) is 6.54 Å². The lowest BCUT2D eigenvalue weighted by Crippen LogP contribution is -2.63. The summed E-state index contributed by atoms with van der Waals surface area (Å²) in [6.45, 7) is 8.57. The number of urea groups is 1. The fourth-order valence-electron chi connectivity index (χ4n) is 4.66. The fraction of sp³-hybridized carbons (Fsp3) is 0.708. The van der Waals surface area contributed by atoms with Crippen LogP contribution in [0.2, 0.25) is 0 Å². The van der Waals surface area contributed by atoms with E-state index in [1.165, 1.54) is 6.26 Å². The van der Waals surface area contributed by atoms with Crippen molar-refractivity contribution in [1.29, 1.82) is 0 Å². The van der Waals surface area contributed by atoms with Gasteiger partial charge in [-0.2, -0.15) is 0 Å². The summed E-state index contributed by atoms with van der Waals surface area (Å²) in [5.41, 5.74) is -1.57. The van der Waals surface area contributed by atoms with Crippen molar-refractivity contribution < 1.29 is 23.5 Å². The molecular weight excluding hydrogens is 410 g/mol. The third-order valence-electron chi connectivity index (χ3n) is 6.60. The zero-order valence-electron chi connectivity index (χ0n) is 19.7. The van der Waals surface area contributed by atoms with Gasteiger partial charge in [0.25, 0.3) is 0 Å². The van der Waals surface area contributed by atoms with Crippen LogP contribution in [-0.4, -0.2) is 47.0 Å². The Kier molecular flexibility index (Phi) is 7.51. The van der Waals surface area contributed by atoms with E-state index in [0.717, 1.165) is 32.1 Å². The Labute approximate surface area is 190 Å². The summed E-state index contributed by atoms with van der Waals surface area (Å²) in [6.07, 6.45) is 7.14. The first kappa shape index (κ1) is 24.1.